The number of carbonyl (C=O) groups is 1. The Kier molecular flexibility index (Phi) is 6.54. The highest BCUT2D eigenvalue weighted by molar-refractivity contribution is 7.92. The molecule has 0 aliphatic heterocycles. The molecule has 0 fully saturated rings. The van der Waals surface area contributed by atoms with E-state index in [4.69, 9.17) is 0 Å². The topological polar surface area (TPSA) is 66.5 Å². The lowest BCUT2D eigenvalue weighted by Gasteiger charge is -2.24. The summed E-state index contributed by atoms with van der Waals surface area (Å²) in [5.41, 5.74) is 2.27. The van der Waals surface area contributed by atoms with Crippen molar-refractivity contribution < 1.29 is 22.0 Å². The summed E-state index contributed by atoms with van der Waals surface area (Å²) in [5, 5.41) is 2.36. The molecule has 0 spiro atoms. The van der Waals surface area contributed by atoms with Gasteiger partial charge in [-0.25, -0.2) is 17.2 Å². The third kappa shape index (κ3) is 5.50. The molecule has 0 radical (unpaired) electrons. The predicted molar refractivity (Wildman–Crippen MR) is 102 cm³/mol. The van der Waals surface area contributed by atoms with Gasteiger partial charge in [0.15, 0.2) is 0 Å². The minimum absolute atomic E-state index is 0.00625. The Morgan fingerprint density at radius 2 is 1.85 bits per heavy atom. The smallest absolute Gasteiger partial charge is 0.232 e. The molecule has 2 aromatic carbocycles. The molecular weight excluding hydrogens is 374 g/mol. The van der Waals surface area contributed by atoms with E-state index in [9.17, 15) is 22.0 Å². The maximum absolute atomic E-state index is 13.6. The Morgan fingerprint density at radius 3 is 2.48 bits per heavy atom. The number of hydrogen-bond donors (Lipinski definition) is 1. The lowest BCUT2D eigenvalue weighted by molar-refractivity contribution is -0.116. The molecular formula is C19H22F2N2O3S. The normalized spacial score (nSPS) is 11.3. The maximum Gasteiger partial charge on any atom is 0.232 e. The van der Waals surface area contributed by atoms with Crippen molar-refractivity contribution in [1.82, 2.24) is 0 Å². The van der Waals surface area contributed by atoms with Gasteiger partial charge < -0.3 is 5.32 Å². The average molecular weight is 396 g/mol. The van der Waals surface area contributed by atoms with Gasteiger partial charge in [-0.2, -0.15) is 0 Å². The molecule has 0 saturated carbocycles. The monoisotopic (exact) mass is 396 g/mol. The van der Waals surface area contributed by atoms with Crippen LogP contribution in [0.2, 0.25) is 0 Å². The number of benzene rings is 2. The molecule has 8 heteroatoms. The van der Waals surface area contributed by atoms with E-state index in [0.29, 0.717) is 11.8 Å². The first-order chi connectivity index (χ1) is 12.6. The van der Waals surface area contributed by atoms with Crippen molar-refractivity contribution in [1.29, 1.82) is 0 Å². The summed E-state index contributed by atoms with van der Waals surface area (Å²) >= 11 is 0. The predicted octanol–water partition coefficient (Wildman–Crippen LogP) is 3.77. The molecule has 0 unspecified atom stereocenters. The van der Waals surface area contributed by atoms with Crippen molar-refractivity contribution in [3.05, 3.63) is 59.2 Å². The zero-order valence-electron chi connectivity index (χ0n) is 15.4. The standard InChI is InChI=1S/C19H22F2N2O3S/c1-13-6-4-7-18(14(13)2)23(27(3,25)26)11-5-8-19(24)22-17-10-9-15(20)12-16(17)21/h4,6-7,9-10,12H,5,8,11H2,1-3H3,(H,22,24). The fraction of sp³-hybridized carbons (Fsp3) is 0.316. The van der Waals surface area contributed by atoms with Gasteiger partial charge in [-0.05, 0) is 49.6 Å². The number of nitrogens with one attached hydrogen (secondary N) is 1. The maximum atomic E-state index is 13.6. The highest BCUT2D eigenvalue weighted by atomic mass is 32.2. The molecule has 0 aliphatic carbocycles. The third-order valence-electron chi connectivity index (χ3n) is 4.22. The van der Waals surface area contributed by atoms with Crippen molar-refractivity contribution in [2.75, 3.05) is 22.4 Å². The van der Waals surface area contributed by atoms with Crippen LogP contribution < -0.4 is 9.62 Å². The van der Waals surface area contributed by atoms with Crippen molar-refractivity contribution in [3.63, 3.8) is 0 Å². The number of rotatable bonds is 7. The SMILES string of the molecule is Cc1cccc(N(CCCC(=O)Nc2ccc(F)cc2F)S(C)(=O)=O)c1C. The van der Waals surface area contributed by atoms with Crippen LogP contribution in [0.1, 0.15) is 24.0 Å². The molecule has 146 valence electrons. The van der Waals surface area contributed by atoms with Gasteiger partial charge in [0.2, 0.25) is 15.9 Å². The molecule has 0 atom stereocenters. The Hall–Kier alpha value is -2.48. The molecule has 1 amide bonds. The van der Waals surface area contributed by atoms with E-state index in [1.165, 1.54) is 4.31 Å². The van der Waals surface area contributed by atoms with Crippen LogP contribution in [-0.2, 0) is 14.8 Å². The lowest BCUT2D eigenvalue weighted by Crippen LogP contribution is -2.32. The zero-order chi connectivity index (χ0) is 20.2. The molecule has 2 aromatic rings. The second-order valence-electron chi connectivity index (χ2n) is 6.33. The van der Waals surface area contributed by atoms with Gasteiger partial charge in [-0.3, -0.25) is 9.10 Å². The van der Waals surface area contributed by atoms with E-state index in [0.717, 1.165) is 29.5 Å². The number of halogens is 2. The van der Waals surface area contributed by atoms with Crippen LogP contribution in [0, 0.1) is 25.5 Å². The van der Waals surface area contributed by atoms with E-state index in [1.807, 2.05) is 19.9 Å². The minimum Gasteiger partial charge on any atom is -0.324 e. The van der Waals surface area contributed by atoms with Gasteiger partial charge >= 0.3 is 0 Å². The molecule has 27 heavy (non-hydrogen) atoms. The van der Waals surface area contributed by atoms with Crippen molar-refractivity contribution in [3.8, 4) is 0 Å². The lowest BCUT2D eigenvalue weighted by atomic mass is 10.1. The molecule has 0 bridgehead atoms. The summed E-state index contributed by atoms with van der Waals surface area (Å²) in [6, 6.07) is 8.26. The highest BCUT2D eigenvalue weighted by Crippen LogP contribution is 2.25. The first kappa shape index (κ1) is 20.8. The van der Waals surface area contributed by atoms with E-state index < -0.39 is 27.6 Å². The Labute approximate surface area is 158 Å². The number of sulfonamides is 1. The molecule has 2 rings (SSSR count). The summed E-state index contributed by atoms with van der Waals surface area (Å²) in [4.78, 5) is 12.0. The highest BCUT2D eigenvalue weighted by Gasteiger charge is 2.20. The van der Waals surface area contributed by atoms with Gasteiger partial charge in [-0.15, -0.1) is 0 Å². The molecule has 1 N–H and O–H groups in total. The minimum atomic E-state index is -3.53. The summed E-state index contributed by atoms with van der Waals surface area (Å²) in [7, 11) is -3.53. The number of aryl methyl sites for hydroxylation is 1. The molecule has 0 aliphatic rings. The van der Waals surface area contributed by atoms with E-state index in [1.54, 1.807) is 12.1 Å². The van der Waals surface area contributed by atoms with Gasteiger partial charge in [0, 0.05) is 19.0 Å². The quantitative estimate of drug-likeness (QED) is 0.775. The van der Waals surface area contributed by atoms with Crippen LogP contribution in [0.5, 0.6) is 0 Å². The van der Waals surface area contributed by atoms with Gasteiger partial charge in [0.05, 0.1) is 17.6 Å². The van der Waals surface area contributed by atoms with E-state index in [-0.39, 0.29) is 25.1 Å². The third-order valence-corrected chi connectivity index (χ3v) is 5.40. The van der Waals surface area contributed by atoms with Crippen LogP contribution in [0.4, 0.5) is 20.2 Å². The zero-order valence-corrected chi connectivity index (χ0v) is 16.2. The van der Waals surface area contributed by atoms with Gasteiger partial charge in [-0.1, -0.05) is 12.1 Å². The Morgan fingerprint density at radius 1 is 1.15 bits per heavy atom. The molecule has 5 nitrogen and oxygen atoms in total. The van der Waals surface area contributed by atoms with Crippen molar-refractivity contribution in [2.24, 2.45) is 0 Å². The van der Waals surface area contributed by atoms with Crippen LogP contribution in [0.15, 0.2) is 36.4 Å². The molecule has 0 heterocycles. The second kappa shape index (κ2) is 8.47. The van der Waals surface area contributed by atoms with Crippen LogP contribution in [0.3, 0.4) is 0 Å². The number of amides is 1. The second-order valence-corrected chi connectivity index (χ2v) is 8.24. The van der Waals surface area contributed by atoms with Gasteiger partial charge in [0.1, 0.15) is 11.6 Å². The first-order valence-electron chi connectivity index (χ1n) is 8.38. The van der Waals surface area contributed by atoms with E-state index in [2.05, 4.69) is 5.32 Å². The summed E-state index contributed by atoms with van der Waals surface area (Å²) in [6.07, 6.45) is 1.35. The molecule has 0 saturated heterocycles. The summed E-state index contributed by atoms with van der Waals surface area (Å²) in [6.45, 7) is 3.85. The van der Waals surface area contributed by atoms with Gasteiger partial charge in [0.25, 0.3) is 0 Å². The average Bonchev–Trinajstić information content (AvgIpc) is 2.56. The van der Waals surface area contributed by atoms with E-state index >= 15 is 0 Å². The van der Waals surface area contributed by atoms with Crippen LogP contribution >= 0.6 is 0 Å². The molecule has 0 aromatic heterocycles. The summed E-state index contributed by atoms with van der Waals surface area (Å²) in [5.74, 6) is -2.07. The van der Waals surface area contributed by atoms with Crippen LogP contribution in [0.25, 0.3) is 0 Å². The Bertz CT molecular complexity index is 946. The van der Waals surface area contributed by atoms with Crippen LogP contribution in [-0.4, -0.2) is 27.1 Å². The number of hydrogen-bond acceptors (Lipinski definition) is 3. The fourth-order valence-electron chi connectivity index (χ4n) is 2.66. The number of carbonyl (C=O) groups excluding carboxylic acids is 1. The fourth-order valence-corrected chi connectivity index (χ4v) is 3.67. The van der Waals surface area contributed by atoms with Crippen molar-refractivity contribution in [2.45, 2.75) is 26.7 Å². The Balaban J connectivity index is 2.03. The largest absolute Gasteiger partial charge is 0.324 e. The van der Waals surface area contributed by atoms with Crippen molar-refractivity contribution >= 4 is 27.3 Å². The first-order valence-corrected chi connectivity index (χ1v) is 10.2. The number of anilines is 2. The number of nitrogens with zero attached hydrogens (tertiary/aromatic N) is 1. The summed E-state index contributed by atoms with van der Waals surface area (Å²) < 4.78 is 52.1.